The van der Waals surface area contributed by atoms with Crippen molar-refractivity contribution in [3.8, 4) is 5.75 Å². The van der Waals surface area contributed by atoms with Crippen LogP contribution in [0.3, 0.4) is 0 Å². The van der Waals surface area contributed by atoms with Gasteiger partial charge in [0, 0.05) is 18.8 Å². The Morgan fingerprint density at radius 1 is 1.08 bits per heavy atom. The number of methoxy groups -OCH3 is 1. The van der Waals surface area contributed by atoms with E-state index in [1.54, 1.807) is 13.3 Å². The second kappa shape index (κ2) is 6.37. The predicted molar refractivity (Wildman–Crippen MR) is 92.3 cm³/mol. The summed E-state index contributed by atoms with van der Waals surface area (Å²) in [5, 5.41) is 8.07. The van der Waals surface area contributed by atoms with Crippen LogP contribution in [0.15, 0.2) is 42.6 Å². The first-order valence-corrected chi connectivity index (χ1v) is 7.92. The quantitative estimate of drug-likeness (QED) is 0.794. The molecule has 0 spiro atoms. The van der Waals surface area contributed by atoms with Gasteiger partial charge in [0.1, 0.15) is 11.6 Å². The Labute approximate surface area is 139 Å². The molecule has 0 unspecified atom stereocenters. The number of hydrogen-bond donors (Lipinski definition) is 1. The van der Waals surface area contributed by atoms with Gasteiger partial charge in [-0.3, -0.25) is 0 Å². The molecule has 0 aliphatic carbocycles. The van der Waals surface area contributed by atoms with Gasteiger partial charge in [-0.25, -0.2) is 4.98 Å². The first-order chi connectivity index (χ1) is 11.8. The summed E-state index contributed by atoms with van der Waals surface area (Å²) >= 11 is 0. The molecule has 0 saturated carbocycles. The van der Waals surface area contributed by atoms with Gasteiger partial charge in [0.2, 0.25) is 0 Å². The molecule has 1 aliphatic rings. The minimum absolute atomic E-state index is 0.737. The third kappa shape index (κ3) is 2.85. The zero-order valence-corrected chi connectivity index (χ0v) is 13.5. The average Bonchev–Trinajstić information content (AvgIpc) is 3.05. The fourth-order valence-corrected chi connectivity index (χ4v) is 2.73. The Morgan fingerprint density at radius 3 is 2.62 bits per heavy atom. The second-order valence-electron chi connectivity index (χ2n) is 5.56. The number of nitrogens with zero attached hydrogens (tertiary/aromatic N) is 4. The Kier molecular flexibility index (Phi) is 3.92. The van der Waals surface area contributed by atoms with Crippen molar-refractivity contribution in [1.82, 2.24) is 14.6 Å². The molecule has 1 saturated heterocycles. The van der Waals surface area contributed by atoms with E-state index in [9.17, 15) is 0 Å². The minimum atomic E-state index is 0.737. The molecule has 0 radical (unpaired) electrons. The van der Waals surface area contributed by atoms with Crippen molar-refractivity contribution in [2.75, 3.05) is 43.6 Å². The third-order valence-electron chi connectivity index (χ3n) is 4.05. The fraction of sp³-hybridized carbons (Fsp3) is 0.294. The van der Waals surface area contributed by atoms with E-state index in [4.69, 9.17) is 14.6 Å². The summed E-state index contributed by atoms with van der Waals surface area (Å²) < 4.78 is 12.4. The first kappa shape index (κ1) is 14.8. The maximum absolute atomic E-state index is 5.40. The van der Waals surface area contributed by atoms with Crippen molar-refractivity contribution in [2.24, 2.45) is 0 Å². The number of fused-ring (bicyclic) bond motifs is 1. The number of imidazole rings is 1. The lowest BCUT2D eigenvalue weighted by Gasteiger charge is -2.27. The van der Waals surface area contributed by atoms with Gasteiger partial charge in [-0.15, -0.1) is 5.10 Å². The van der Waals surface area contributed by atoms with Gasteiger partial charge in [0.15, 0.2) is 11.5 Å². The number of nitrogens with one attached hydrogen (secondary N) is 1. The molecule has 7 nitrogen and oxygen atoms in total. The van der Waals surface area contributed by atoms with Crippen LogP contribution >= 0.6 is 0 Å². The van der Waals surface area contributed by atoms with Crippen molar-refractivity contribution in [2.45, 2.75) is 0 Å². The van der Waals surface area contributed by atoms with Crippen LogP contribution in [-0.4, -0.2) is 48.0 Å². The summed E-state index contributed by atoms with van der Waals surface area (Å²) in [6, 6.07) is 11.7. The summed E-state index contributed by atoms with van der Waals surface area (Å²) in [5.74, 6) is 2.58. The van der Waals surface area contributed by atoms with Crippen LogP contribution in [0.2, 0.25) is 0 Å². The summed E-state index contributed by atoms with van der Waals surface area (Å²) in [7, 11) is 1.66. The number of anilines is 3. The van der Waals surface area contributed by atoms with Crippen LogP contribution in [0, 0.1) is 0 Å². The normalized spacial score (nSPS) is 14.8. The maximum Gasteiger partial charge on any atom is 0.156 e. The van der Waals surface area contributed by atoms with E-state index in [-0.39, 0.29) is 0 Å². The van der Waals surface area contributed by atoms with E-state index >= 15 is 0 Å². The average molecular weight is 325 g/mol. The molecule has 0 bridgehead atoms. The highest BCUT2D eigenvalue weighted by atomic mass is 16.5. The highest BCUT2D eigenvalue weighted by molar-refractivity contribution is 5.61. The van der Waals surface area contributed by atoms with Crippen molar-refractivity contribution in [1.29, 1.82) is 0 Å². The topological polar surface area (TPSA) is 63.9 Å². The van der Waals surface area contributed by atoms with Crippen LogP contribution in [-0.2, 0) is 4.74 Å². The van der Waals surface area contributed by atoms with Gasteiger partial charge < -0.3 is 19.7 Å². The largest absolute Gasteiger partial charge is 0.497 e. The molecule has 1 aromatic carbocycles. The van der Waals surface area contributed by atoms with Gasteiger partial charge >= 0.3 is 0 Å². The lowest BCUT2D eigenvalue weighted by atomic mass is 10.3. The smallest absolute Gasteiger partial charge is 0.156 e. The molecule has 3 aromatic rings. The van der Waals surface area contributed by atoms with Crippen molar-refractivity contribution in [3.63, 3.8) is 0 Å². The van der Waals surface area contributed by atoms with Crippen LogP contribution in [0.5, 0.6) is 5.75 Å². The predicted octanol–water partition coefficient (Wildman–Crippen LogP) is 2.32. The summed E-state index contributed by atoms with van der Waals surface area (Å²) in [6.45, 7) is 3.18. The van der Waals surface area contributed by atoms with Gasteiger partial charge in [-0.2, -0.15) is 4.52 Å². The maximum atomic E-state index is 5.40. The van der Waals surface area contributed by atoms with Crippen LogP contribution < -0.4 is 15.0 Å². The highest BCUT2D eigenvalue weighted by Gasteiger charge is 2.14. The molecule has 2 aromatic heterocycles. The molecule has 24 heavy (non-hydrogen) atoms. The standard InChI is InChI=1S/C17H19N5O2/c1-23-14-4-2-13(3-5-14)19-17-12-18-15-6-7-16(20-22(15)17)21-8-10-24-11-9-21/h2-7,12,19H,8-11H2,1H3. The van der Waals surface area contributed by atoms with E-state index in [0.717, 1.165) is 55.0 Å². The van der Waals surface area contributed by atoms with Crippen molar-refractivity contribution >= 4 is 23.0 Å². The fourth-order valence-electron chi connectivity index (χ4n) is 2.73. The molecule has 0 amide bonds. The lowest BCUT2D eigenvalue weighted by Crippen LogP contribution is -2.37. The first-order valence-electron chi connectivity index (χ1n) is 7.92. The molecular formula is C17H19N5O2. The molecule has 124 valence electrons. The number of ether oxygens (including phenoxy) is 2. The van der Waals surface area contributed by atoms with Gasteiger partial charge in [-0.05, 0) is 36.4 Å². The minimum Gasteiger partial charge on any atom is -0.497 e. The highest BCUT2D eigenvalue weighted by Crippen LogP contribution is 2.22. The Bertz CT molecular complexity index is 825. The SMILES string of the molecule is COc1ccc(Nc2cnc3ccc(N4CCOCC4)nn23)cc1. The summed E-state index contributed by atoms with van der Waals surface area (Å²) in [6.07, 6.45) is 1.79. The zero-order chi connectivity index (χ0) is 16.4. The number of rotatable bonds is 4. The second-order valence-corrected chi connectivity index (χ2v) is 5.56. The van der Waals surface area contributed by atoms with Crippen LogP contribution in [0.4, 0.5) is 17.3 Å². The Morgan fingerprint density at radius 2 is 1.88 bits per heavy atom. The van der Waals surface area contributed by atoms with Gasteiger partial charge in [0.25, 0.3) is 0 Å². The summed E-state index contributed by atoms with van der Waals surface area (Å²) in [4.78, 5) is 6.63. The number of hydrogen-bond acceptors (Lipinski definition) is 6. The van der Waals surface area contributed by atoms with E-state index in [1.807, 2.05) is 40.9 Å². The molecule has 1 aliphatic heterocycles. The lowest BCUT2D eigenvalue weighted by molar-refractivity contribution is 0.122. The summed E-state index contributed by atoms with van der Waals surface area (Å²) in [5.41, 5.74) is 1.76. The number of benzene rings is 1. The monoisotopic (exact) mass is 325 g/mol. The number of morpholine rings is 1. The van der Waals surface area contributed by atoms with Crippen molar-refractivity contribution < 1.29 is 9.47 Å². The number of aromatic nitrogens is 3. The van der Waals surface area contributed by atoms with E-state index < -0.39 is 0 Å². The molecule has 0 atom stereocenters. The molecule has 7 heteroatoms. The molecule has 1 N–H and O–H groups in total. The van der Waals surface area contributed by atoms with E-state index in [1.165, 1.54) is 0 Å². The van der Waals surface area contributed by atoms with Gasteiger partial charge in [0.05, 0.1) is 26.5 Å². The van der Waals surface area contributed by atoms with Crippen molar-refractivity contribution in [3.05, 3.63) is 42.6 Å². The van der Waals surface area contributed by atoms with Crippen LogP contribution in [0.1, 0.15) is 0 Å². The Balaban J connectivity index is 1.62. The molecular weight excluding hydrogens is 306 g/mol. The molecule has 4 rings (SSSR count). The van der Waals surface area contributed by atoms with E-state index in [0.29, 0.717) is 0 Å². The van der Waals surface area contributed by atoms with Gasteiger partial charge in [-0.1, -0.05) is 0 Å². The third-order valence-corrected chi connectivity index (χ3v) is 4.05. The van der Waals surface area contributed by atoms with Crippen LogP contribution in [0.25, 0.3) is 5.65 Å². The molecule has 3 heterocycles. The van der Waals surface area contributed by atoms with E-state index in [2.05, 4.69) is 15.2 Å². The zero-order valence-electron chi connectivity index (χ0n) is 13.5. The molecule has 1 fully saturated rings. The Hall–Kier alpha value is -2.80.